The molecule has 0 spiro atoms. The van der Waals surface area contributed by atoms with Crippen molar-refractivity contribution in [3.05, 3.63) is 85.5 Å². The van der Waals surface area contributed by atoms with Crippen LogP contribution in [0, 0.1) is 5.82 Å². The number of aromatic amines is 1. The van der Waals surface area contributed by atoms with Gasteiger partial charge in [-0.2, -0.15) is 0 Å². The smallest absolute Gasteiger partial charge is 0.256 e. The number of benzene rings is 2. The molecular formula is C22H19Cl2FN4O2S. The minimum absolute atomic E-state index is 0.0720. The molecule has 0 radical (unpaired) electrons. The van der Waals surface area contributed by atoms with Crippen LogP contribution in [0.3, 0.4) is 0 Å². The molecule has 6 nitrogen and oxygen atoms in total. The molecule has 1 aliphatic rings. The fourth-order valence-electron chi connectivity index (χ4n) is 3.47. The van der Waals surface area contributed by atoms with Crippen molar-refractivity contribution in [1.82, 2.24) is 14.9 Å². The normalized spacial score (nSPS) is 13.6. The zero-order chi connectivity index (χ0) is 22.7. The summed E-state index contributed by atoms with van der Waals surface area (Å²) < 4.78 is 13.1. The second kappa shape index (κ2) is 10.0. The number of nitrogens with one attached hydrogen (secondary N) is 2. The standard InChI is InChI=1S/C22H19Cl2FN4O2S/c23-14-7-15(24)9-17(8-14)26-20(30)12-32-22-27-19-5-6-29(11-18(19)21(31)28-22)10-13-1-3-16(25)4-2-13/h1-4,7-9H,5-6,10-12H2,(H,26,30)(H,27,28,31). The Labute approximate surface area is 198 Å². The summed E-state index contributed by atoms with van der Waals surface area (Å²) in [6.07, 6.45) is 0.626. The molecule has 1 amide bonds. The highest BCUT2D eigenvalue weighted by molar-refractivity contribution is 7.99. The van der Waals surface area contributed by atoms with Gasteiger partial charge < -0.3 is 10.3 Å². The van der Waals surface area contributed by atoms with E-state index in [1.807, 2.05) is 0 Å². The van der Waals surface area contributed by atoms with Crippen LogP contribution >= 0.6 is 35.0 Å². The van der Waals surface area contributed by atoms with Gasteiger partial charge in [0.15, 0.2) is 5.16 Å². The van der Waals surface area contributed by atoms with Crippen LogP contribution < -0.4 is 10.9 Å². The van der Waals surface area contributed by atoms with E-state index in [1.165, 1.54) is 12.1 Å². The first-order chi connectivity index (χ1) is 15.4. The molecule has 2 aromatic carbocycles. The van der Waals surface area contributed by atoms with Crippen LogP contribution in [0.15, 0.2) is 52.4 Å². The molecule has 3 aromatic rings. The lowest BCUT2D eigenvalue weighted by Crippen LogP contribution is -2.35. The summed E-state index contributed by atoms with van der Waals surface area (Å²) in [6, 6.07) is 11.1. The molecule has 0 unspecified atom stereocenters. The lowest BCUT2D eigenvalue weighted by atomic mass is 10.1. The van der Waals surface area contributed by atoms with Gasteiger partial charge in [-0.15, -0.1) is 0 Å². The Kier molecular flexibility index (Phi) is 7.15. The van der Waals surface area contributed by atoms with E-state index in [0.29, 0.717) is 46.0 Å². The van der Waals surface area contributed by atoms with Crippen molar-refractivity contribution in [3.8, 4) is 0 Å². The van der Waals surface area contributed by atoms with Gasteiger partial charge >= 0.3 is 0 Å². The number of carbonyl (C=O) groups excluding carboxylic acids is 1. The number of carbonyl (C=O) groups is 1. The number of H-pyrrole nitrogens is 1. The first-order valence-corrected chi connectivity index (χ1v) is 11.6. The lowest BCUT2D eigenvalue weighted by Gasteiger charge is -2.27. The van der Waals surface area contributed by atoms with Crippen LogP contribution in [0.4, 0.5) is 10.1 Å². The number of halogens is 3. The summed E-state index contributed by atoms with van der Waals surface area (Å²) in [6.45, 7) is 1.83. The summed E-state index contributed by atoms with van der Waals surface area (Å²) in [7, 11) is 0. The topological polar surface area (TPSA) is 78.1 Å². The molecule has 0 fully saturated rings. The first kappa shape index (κ1) is 22.8. The van der Waals surface area contributed by atoms with Crippen LogP contribution in [0.2, 0.25) is 10.0 Å². The number of anilines is 1. The number of thioether (sulfide) groups is 1. The highest BCUT2D eigenvalue weighted by atomic mass is 35.5. The number of hydrogen-bond acceptors (Lipinski definition) is 5. The third-order valence-electron chi connectivity index (χ3n) is 4.93. The molecule has 10 heteroatoms. The molecule has 1 aliphatic heterocycles. The van der Waals surface area contributed by atoms with Crippen LogP contribution in [-0.2, 0) is 24.3 Å². The molecule has 0 saturated heterocycles. The maximum absolute atomic E-state index is 13.1. The Balaban J connectivity index is 1.37. The average molecular weight is 493 g/mol. The van der Waals surface area contributed by atoms with Crippen LogP contribution in [-0.4, -0.2) is 33.1 Å². The Hall–Kier alpha value is -2.39. The van der Waals surface area contributed by atoms with Gasteiger partial charge in [0.2, 0.25) is 5.91 Å². The maximum atomic E-state index is 13.1. The number of nitrogens with zero attached hydrogens (tertiary/aromatic N) is 2. The summed E-state index contributed by atoms with van der Waals surface area (Å²) >= 11 is 13.0. The Morgan fingerprint density at radius 3 is 2.62 bits per heavy atom. The van der Waals surface area contributed by atoms with E-state index in [1.54, 1.807) is 30.3 Å². The van der Waals surface area contributed by atoms with Crippen molar-refractivity contribution in [1.29, 1.82) is 0 Å². The molecule has 0 aliphatic carbocycles. The molecule has 1 aromatic heterocycles. The van der Waals surface area contributed by atoms with Crippen molar-refractivity contribution < 1.29 is 9.18 Å². The van der Waals surface area contributed by atoms with Crippen LogP contribution in [0.1, 0.15) is 16.8 Å². The maximum Gasteiger partial charge on any atom is 0.256 e. The van der Waals surface area contributed by atoms with E-state index in [4.69, 9.17) is 23.2 Å². The molecule has 2 heterocycles. The van der Waals surface area contributed by atoms with Crippen molar-refractivity contribution >= 4 is 46.6 Å². The van der Waals surface area contributed by atoms with Gasteiger partial charge in [-0.25, -0.2) is 9.37 Å². The van der Waals surface area contributed by atoms with Gasteiger partial charge in [-0.1, -0.05) is 47.1 Å². The number of fused-ring (bicyclic) bond motifs is 1. The average Bonchev–Trinajstić information content (AvgIpc) is 2.73. The second-order valence-electron chi connectivity index (χ2n) is 7.38. The fourth-order valence-corrected chi connectivity index (χ4v) is 4.67. The number of rotatable bonds is 6. The Morgan fingerprint density at radius 1 is 1.19 bits per heavy atom. The van der Waals surface area contributed by atoms with Gasteiger partial charge in [0, 0.05) is 41.8 Å². The van der Waals surface area contributed by atoms with E-state index in [-0.39, 0.29) is 23.0 Å². The van der Waals surface area contributed by atoms with Gasteiger partial charge in [-0.3, -0.25) is 14.5 Å². The summed E-state index contributed by atoms with van der Waals surface area (Å²) in [4.78, 5) is 34.3. The molecule has 2 N–H and O–H groups in total. The Bertz CT molecular complexity index is 1180. The molecule has 0 saturated carbocycles. The van der Waals surface area contributed by atoms with E-state index in [0.717, 1.165) is 29.6 Å². The highest BCUT2D eigenvalue weighted by Gasteiger charge is 2.21. The van der Waals surface area contributed by atoms with Crippen molar-refractivity contribution in [3.63, 3.8) is 0 Å². The van der Waals surface area contributed by atoms with Gasteiger partial charge in [0.05, 0.1) is 17.0 Å². The molecule has 0 bridgehead atoms. The van der Waals surface area contributed by atoms with E-state index >= 15 is 0 Å². The predicted molar refractivity (Wildman–Crippen MR) is 125 cm³/mol. The fraction of sp³-hybridized carbons (Fsp3) is 0.227. The molecule has 166 valence electrons. The zero-order valence-electron chi connectivity index (χ0n) is 16.8. The summed E-state index contributed by atoms with van der Waals surface area (Å²) in [5.74, 6) is -0.463. The number of amides is 1. The van der Waals surface area contributed by atoms with Gasteiger partial charge in [-0.05, 0) is 35.9 Å². The Morgan fingerprint density at radius 2 is 1.91 bits per heavy atom. The SMILES string of the molecule is O=C(CSc1nc2c(c(=O)[nH]1)CN(Cc1ccc(F)cc1)CC2)Nc1cc(Cl)cc(Cl)c1. The molecular weight excluding hydrogens is 474 g/mol. The third-order valence-corrected chi connectivity index (χ3v) is 6.24. The highest BCUT2D eigenvalue weighted by Crippen LogP contribution is 2.23. The van der Waals surface area contributed by atoms with Crippen molar-refractivity contribution in [2.24, 2.45) is 0 Å². The second-order valence-corrected chi connectivity index (χ2v) is 9.22. The number of hydrogen-bond donors (Lipinski definition) is 2. The zero-order valence-corrected chi connectivity index (χ0v) is 19.2. The quantitative estimate of drug-likeness (QED) is 0.391. The van der Waals surface area contributed by atoms with Crippen molar-refractivity contribution in [2.75, 3.05) is 17.6 Å². The van der Waals surface area contributed by atoms with Gasteiger partial charge in [0.1, 0.15) is 5.82 Å². The van der Waals surface area contributed by atoms with E-state index in [2.05, 4.69) is 20.2 Å². The lowest BCUT2D eigenvalue weighted by molar-refractivity contribution is -0.113. The summed E-state index contributed by atoms with van der Waals surface area (Å²) in [5.41, 5.74) is 2.65. The van der Waals surface area contributed by atoms with Crippen LogP contribution in [0.5, 0.6) is 0 Å². The largest absolute Gasteiger partial charge is 0.325 e. The molecule has 32 heavy (non-hydrogen) atoms. The first-order valence-electron chi connectivity index (χ1n) is 9.83. The number of aromatic nitrogens is 2. The van der Waals surface area contributed by atoms with Gasteiger partial charge in [0.25, 0.3) is 5.56 Å². The minimum Gasteiger partial charge on any atom is -0.325 e. The predicted octanol–water partition coefficient (Wildman–Crippen LogP) is 4.50. The monoisotopic (exact) mass is 492 g/mol. The van der Waals surface area contributed by atoms with Crippen LogP contribution in [0.25, 0.3) is 0 Å². The summed E-state index contributed by atoms with van der Waals surface area (Å²) in [5, 5.41) is 3.98. The third kappa shape index (κ3) is 5.89. The van der Waals surface area contributed by atoms with E-state index < -0.39 is 0 Å². The van der Waals surface area contributed by atoms with E-state index in [9.17, 15) is 14.0 Å². The molecule has 4 rings (SSSR count). The van der Waals surface area contributed by atoms with Crippen molar-refractivity contribution in [2.45, 2.75) is 24.7 Å². The molecule has 0 atom stereocenters. The minimum atomic E-state index is -0.270.